The monoisotopic (exact) mass is 274 g/mol. The predicted octanol–water partition coefficient (Wildman–Crippen LogP) is 2.01. The largest absolute Gasteiger partial charge is 0.353 e. The quantitative estimate of drug-likeness (QED) is 0.610. The van der Waals surface area contributed by atoms with E-state index in [0.717, 1.165) is 31.0 Å². The summed E-state index contributed by atoms with van der Waals surface area (Å²) in [4.78, 5) is 12.9. The minimum atomic E-state index is 0.343. The second kappa shape index (κ2) is 5.38. The highest BCUT2D eigenvalue weighted by Gasteiger charge is 2.24. The van der Waals surface area contributed by atoms with Crippen LogP contribution in [0.2, 0.25) is 5.15 Å². The zero-order valence-electron chi connectivity index (χ0n) is 10.0. The Morgan fingerprint density at radius 3 is 2.82 bits per heavy atom. The number of hydrogen-bond acceptors (Lipinski definition) is 4. The predicted molar refractivity (Wildman–Crippen MR) is 70.9 cm³/mol. The van der Waals surface area contributed by atoms with Crippen molar-refractivity contribution in [3.63, 3.8) is 0 Å². The topological polar surface area (TPSA) is 32.3 Å². The number of halogens is 2. The van der Waals surface area contributed by atoms with Crippen LogP contribution in [0.15, 0.2) is 6.33 Å². The van der Waals surface area contributed by atoms with Crippen LogP contribution in [0.4, 0.5) is 5.82 Å². The number of anilines is 1. The lowest BCUT2D eigenvalue weighted by atomic mass is 10.2. The molecule has 0 amide bonds. The smallest absolute Gasteiger partial charge is 0.138 e. The SMILES string of the molecule is CC1CN(c2ncnc(Cl)c2CCl)CCN1C. The van der Waals surface area contributed by atoms with Crippen molar-refractivity contribution >= 4 is 29.0 Å². The van der Waals surface area contributed by atoms with Gasteiger partial charge in [0.1, 0.15) is 17.3 Å². The molecule has 0 aromatic carbocycles. The van der Waals surface area contributed by atoms with Gasteiger partial charge in [-0.15, -0.1) is 11.6 Å². The molecule has 1 aromatic rings. The average Bonchev–Trinajstić information content (AvgIpc) is 2.32. The second-order valence-corrected chi connectivity index (χ2v) is 5.00. The minimum absolute atomic E-state index is 0.343. The average molecular weight is 275 g/mol. The molecular weight excluding hydrogens is 259 g/mol. The van der Waals surface area contributed by atoms with Gasteiger partial charge in [-0.05, 0) is 14.0 Å². The molecule has 1 saturated heterocycles. The van der Waals surface area contributed by atoms with E-state index in [0.29, 0.717) is 17.1 Å². The van der Waals surface area contributed by atoms with Gasteiger partial charge in [-0.3, -0.25) is 0 Å². The Morgan fingerprint density at radius 1 is 1.41 bits per heavy atom. The van der Waals surface area contributed by atoms with Gasteiger partial charge in [-0.25, -0.2) is 9.97 Å². The standard InChI is InChI=1S/C11H16Cl2N4/c1-8-6-17(4-3-16(8)2)11-9(5-12)10(13)14-7-15-11/h7-8H,3-6H2,1-2H3. The summed E-state index contributed by atoms with van der Waals surface area (Å²) in [7, 11) is 2.14. The van der Waals surface area contributed by atoms with Crippen LogP contribution in [0.3, 0.4) is 0 Å². The first-order valence-corrected chi connectivity index (χ1v) is 6.55. The summed E-state index contributed by atoms with van der Waals surface area (Å²) < 4.78 is 0. The Bertz CT molecular complexity index is 399. The lowest BCUT2D eigenvalue weighted by molar-refractivity contribution is 0.233. The summed E-state index contributed by atoms with van der Waals surface area (Å²) in [5.74, 6) is 1.22. The fourth-order valence-electron chi connectivity index (χ4n) is 2.01. The highest BCUT2D eigenvalue weighted by molar-refractivity contribution is 6.31. The Kier molecular flexibility index (Phi) is 4.07. The normalized spacial score (nSPS) is 21.9. The van der Waals surface area contributed by atoms with Gasteiger partial charge in [0, 0.05) is 31.2 Å². The fraction of sp³-hybridized carbons (Fsp3) is 0.636. The molecule has 1 aliphatic heterocycles. The lowest BCUT2D eigenvalue weighted by Gasteiger charge is -2.38. The van der Waals surface area contributed by atoms with Gasteiger partial charge >= 0.3 is 0 Å². The van der Waals surface area contributed by atoms with E-state index in [1.54, 1.807) is 0 Å². The van der Waals surface area contributed by atoms with Gasteiger partial charge in [0.15, 0.2) is 0 Å². The third kappa shape index (κ3) is 2.64. The highest BCUT2D eigenvalue weighted by Crippen LogP contribution is 2.26. The molecule has 1 aromatic heterocycles. The van der Waals surface area contributed by atoms with Crippen molar-refractivity contribution in [1.29, 1.82) is 0 Å². The molecule has 0 N–H and O–H groups in total. The van der Waals surface area contributed by atoms with Crippen molar-refractivity contribution in [3.05, 3.63) is 17.0 Å². The molecule has 1 unspecified atom stereocenters. The molecular formula is C11H16Cl2N4. The molecule has 17 heavy (non-hydrogen) atoms. The fourth-order valence-corrected chi connectivity index (χ4v) is 2.52. The first-order valence-electron chi connectivity index (χ1n) is 5.64. The Morgan fingerprint density at radius 2 is 2.18 bits per heavy atom. The van der Waals surface area contributed by atoms with Crippen LogP contribution in [0.1, 0.15) is 12.5 Å². The third-order valence-electron chi connectivity index (χ3n) is 3.26. The van der Waals surface area contributed by atoms with Crippen molar-refractivity contribution in [3.8, 4) is 0 Å². The summed E-state index contributed by atoms with van der Waals surface area (Å²) in [6.07, 6.45) is 1.50. The van der Waals surface area contributed by atoms with Crippen molar-refractivity contribution in [2.45, 2.75) is 18.8 Å². The van der Waals surface area contributed by atoms with E-state index in [1.807, 2.05) is 0 Å². The maximum absolute atomic E-state index is 6.04. The van der Waals surface area contributed by atoms with Crippen molar-refractivity contribution in [2.75, 3.05) is 31.6 Å². The molecule has 2 rings (SSSR count). The molecule has 1 atom stereocenters. The zero-order valence-corrected chi connectivity index (χ0v) is 11.5. The Labute approximate surface area is 112 Å². The molecule has 0 radical (unpaired) electrons. The molecule has 2 heterocycles. The maximum Gasteiger partial charge on any atom is 0.138 e. The second-order valence-electron chi connectivity index (χ2n) is 4.38. The van der Waals surface area contributed by atoms with Crippen LogP contribution in [-0.2, 0) is 5.88 Å². The van der Waals surface area contributed by atoms with E-state index in [9.17, 15) is 0 Å². The molecule has 0 bridgehead atoms. The van der Waals surface area contributed by atoms with Crippen molar-refractivity contribution < 1.29 is 0 Å². The Balaban J connectivity index is 2.25. The van der Waals surface area contributed by atoms with E-state index in [-0.39, 0.29) is 0 Å². The summed E-state index contributed by atoms with van der Waals surface area (Å²) >= 11 is 12.0. The number of aromatic nitrogens is 2. The van der Waals surface area contributed by atoms with Gasteiger partial charge < -0.3 is 9.80 Å². The number of hydrogen-bond donors (Lipinski definition) is 0. The van der Waals surface area contributed by atoms with E-state index in [1.165, 1.54) is 6.33 Å². The minimum Gasteiger partial charge on any atom is -0.353 e. The van der Waals surface area contributed by atoms with Gasteiger partial charge in [-0.2, -0.15) is 0 Å². The van der Waals surface area contributed by atoms with Gasteiger partial charge in [0.2, 0.25) is 0 Å². The first kappa shape index (κ1) is 12.9. The molecule has 4 nitrogen and oxygen atoms in total. The molecule has 94 valence electrons. The van der Waals surface area contributed by atoms with Gasteiger partial charge in [-0.1, -0.05) is 11.6 Å². The van der Waals surface area contributed by atoms with Gasteiger partial charge in [0.05, 0.1) is 5.88 Å². The van der Waals surface area contributed by atoms with Crippen LogP contribution in [0.5, 0.6) is 0 Å². The summed E-state index contributed by atoms with van der Waals surface area (Å²) in [5.41, 5.74) is 0.826. The van der Waals surface area contributed by atoms with E-state index < -0.39 is 0 Å². The molecule has 0 spiro atoms. The summed E-state index contributed by atoms with van der Waals surface area (Å²) in [6.45, 7) is 5.10. The first-order chi connectivity index (χ1) is 8.13. The van der Waals surface area contributed by atoms with Crippen LogP contribution in [0, 0.1) is 0 Å². The molecule has 1 fully saturated rings. The Hall–Kier alpha value is -0.580. The van der Waals surface area contributed by atoms with E-state index in [2.05, 4.69) is 33.7 Å². The van der Waals surface area contributed by atoms with Crippen molar-refractivity contribution in [1.82, 2.24) is 14.9 Å². The molecule has 1 aliphatic rings. The molecule has 6 heteroatoms. The van der Waals surface area contributed by atoms with Crippen LogP contribution in [-0.4, -0.2) is 47.6 Å². The van der Waals surface area contributed by atoms with Crippen LogP contribution in [0.25, 0.3) is 0 Å². The van der Waals surface area contributed by atoms with Crippen LogP contribution >= 0.6 is 23.2 Å². The van der Waals surface area contributed by atoms with E-state index >= 15 is 0 Å². The summed E-state index contributed by atoms with van der Waals surface area (Å²) in [6, 6.07) is 0.501. The lowest BCUT2D eigenvalue weighted by Crippen LogP contribution is -2.50. The highest BCUT2D eigenvalue weighted by atomic mass is 35.5. The van der Waals surface area contributed by atoms with Crippen LogP contribution < -0.4 is 4.90 Å². The zero-order chi connectivity index (χ0) is 12.4. The number of rotatable bonds is 2. The molecule has 0 saturated carbocycles. The van der Waals surface area contributed by atoms with E-state index in [4.69, 9.17) is 23.2 Å². The number of likely N-dealkylation sites (N-methyl/N-ethyl adjacent to an activating group) is 1. The van der Waals surface area contributed by atoms with Gasteiger partial charge in [0.25, 0.3) is 0 Å². The summed E-state index contributed by atoms with van der Waals surface area (Å²) in [5, 5.41) is 0.455. The number of nitrogens with zero attached hydrogens (tertiary/aromatic N) is 4. The molecule has 0 aliphatic carbocycles. The third-order valence-corrected chi connectivity index (χ3v) is 3.86. The number of alkyl halides is 1. The van der Waals surface area contributed by atoms with Crippen molar-refractivity contribution in [2.24, 2.45) is 0 Å². The maximum atomic E-state index is 6.04. The number of piperazine rings is 1.